The van der Waals surface area contributed by atoms with Crippen molar-refractivity contribution in [3.8, 4) is 0 Å². The third-order valence-corrected chi connectivity index (χ3v) is 5.33. The van der Waals surface area contributed by atoms with E-state index in [2.05, 4.69) is 29.2 Å². The van der Waals surface area contributed by atoms with Gasteiger partial charge in [0.2, 0.25) is 0 Å². The lowest BCUT2D eigenvalue weighted by Crippen LogP contribution is -2.45. The van der Waals surface area contributed by atoms with Crippen molar-refractivity contribution in [3.63, 3.8) is 0 Å². The van der Waals surface area contributed by atoms with Crippen molar-refractivity contribution in [2.45, 2.75) is 50.3 Å². The summed E-state index contributed by atoms with van der Waals surface area (Å²) in [5, 5.41) is 9.70. The van der Waals surface area contributed by atoms with Crippen LogP contribution in [-0.2, 0) is 16.1 Å². The molecule has 2 heterocycles. The standard InChI is InChI=1S/C18H19NO3/c1-18(2)21-16-13-9-5-3-4-6-10(9)15(17(16)22-18)14-11(13)7-19-12(14)8-20/h3-7,13,15-17,19-20H,8H2,1-2H3. The van der Waals surface area contributed by atoms with Crippen LogP contribution in [0, 0.1) is 0 Å². The highest BCUT2D eigenvalue weighted by Crippen LogP contribution is 2.58. The number of hydrogen-bond acceptors (Lipinski definition) is 3. The number of aliphatic hydroxyl groups excluding tert-OH is 1. The highest BCUT2D eigenvalue weighted by Gasteiger charge is 2.58. The fourth-order valence-electron chi connectivity index (χ4n) is 4.68. The minimum Gasteiger partial charge on any atom is -0.390 e. The molecule has 4 atom stereocenters. The van der Waals surface area contributed by atoms with E-state index in [1.165, 1.54) is 22.3 Å². The van der Waals surface area contributed by atoms with Gasteiger partial charge in [0.25, 0.3) is 0 Å². The molecule has 2 aromatic rings. The highest BCUT2D eigenvalue weighted by atomic mass is 16.8. The van der Waals surface area contributed by atoms with E-state index in [0.717, 1.165) is 5.69 Å². The molecule has 3 aliphatic carbocycles. The molecule has 4 aliphatic rings. The Balaban J connectivity index is 1.78. The molecule has 0 amide bonds. The quantitative estimate of drug-likeness (QED) is 0.851. The van der Waals surface area contributed by atoms with E-state index in [9.17, 15) is 5.11 Å². The van der Waals surface area contributed by atoms with E-state index in [1.807, 2.05) is 20.0 Å². The maximum Gasteiger partial charge on any atom is 0.163 e. The van der Waals surface area contributed by atoms with Gasteiger partial charge in [-0.3, -0.25) is 0 Å². The summed E-state index contributed by atoms with van der Waals surface area (Å²) in [6.07, 6.45) is 2.10. The average Bonchev–Trinajstić information content (AvgIpc) is 3.06. The van der Waals surface area contributed by atoms with Crippen LogP contribution in [0.25, 0.3) is 0 Å². The summed E-state index contributed by atoms with van der Waals surface area (Å²) in [6.45, 7) is 4.00. The minimum atomic E-state index is -0.555. The van der Waals surface area contributed by atoms with Gasteiger partial charge in [-0.05, 0) is 36.1 Å². The van der Waals surface area contributed by atoms with Gasteiger partial charge in [-0.15, -0.1) is 0 Å². The number of ether oxygens (including phenoxy) is 2. The molecule has 4 unspecified atom stereocenters. The highest BCUT2D eigenvalue weighted by molar-refractivity contribution is 5.59. The van der Waals surface area contributed by atoms with E-state index in [-0.39, 0.29) is 30.7 Å². The van der Waals surface area contributed by atoms with Gasteiger partial charge in [0.05, 0.1) is 18.8 Å². The number of hydrogen-bond donors (Lipinski definition) is 2. The van der Waals surface area contributed by atoms with Crippen molar-refractivity contribution in [3.05, 3.63) is 58.4 Å². The summed E-state index contributed by atoms with van der Waals surface area (Å²) in [4.78, 5) is 3.25. The Bertz CT molecular complexity index is 763. The Kier molecular flexibility index (Phi) is 2.35. The predicted molar refractivity (Wildman–Crippen MR) is 80.7 cm³/mol. The van der Waals surface area contributed by atoms with Crippen LogP contribution >= 0.6 is 0 Å². The normalized spacial score (nSPS) is 33.4. The molecule has 2 bridgehead atoms. The molecule has 1 aromatic heterocycles. The molecule has 4 nitrogen and oxygen atoms in total. The first kappa shape index (κ1) is 12.9. The van der Waals surface area contributed by atoms with Gasteiger partial charge in [-0.25, -0.2) is 0 Å². The van der Waals surface area contributed by atoms with Crippen molar-refractivity contribution in [1.29, 1.82) is 0 Å². The zero-order chi connectivity index (χ0) is 15.1. The van der Waals surface area contributed by atoms with Crippen molar-refractivity contribution in [2.24, 2.45) is 0 Å². The topological polar surface area (TPSA) is 54.5 Å². The van der Waals surface area contributed by atoms with E-state index in [1.54, 1.807) is 0 Å². The summed E-state index contributed by atoms with van der Waals surface area (Å²) in [5.74, 6) is -0.239. The van der Waals surface area contributed by atoms with Gasteiger partial charge < -0.3 is 19.6 Å². The van der Waals surface area contributed by atoms with Crippen LogP contribution in [0.5, 0.6) is 0 Å². The summed E-state index contributed by atoms with van der Waals surface area (Å²) in [6, 6.07) is 8.57. The van der Waals surface area contributed by atoms with Crippen molar-refractivity contribution < 1.29 is 14.6 Å². The van der Waals surface area contributed by atoms with E-state index >= 15 is 0 Å². The predicted octanol–water partition coefficient (Wildman–Crippen LogP) is 2.62. The smallest absolute Gasteiger partial charge is 0.163 e. The first-order chi connectivity index (χ1) is 10.6. The second-order valence-corrected chi connectivity index (χ2v) is 6.94. The number of benzene rings is 1. The molecule has 1 aromatic carbocycles. The monoisotopic (exact) mass is 297 g/mol. The fourth-order valence-corrected chi connectivity index (χ4v) is 4.68. The SMILES string of the molecule is CC1(C)OC2C3c4ccccc4C(c4c3c[nH]c4CO)C2O1. The van der Waals surface area contributed by atoms with Crippen molar-refractivity contribution >= 4 is 0 Å². The van der Waals surface area contributed by atoms with Gasteiger partial charge >= 0.3 is 0 Å². The summed E-state index contributed by atoms with van der Waals surface area (Å²) >= 11 is 0. The number of aromatic amines is 1. The average molecular weight is 297 g/mol. The molecule has 2 N–H and O–H groups in total. The van der Waals surface area contributed by atoms with Gasteiger partial charge in [-0.2, -0.15) is 0 Å². The number of aliphatic hydroxyl groups is 1. The Hall–Kier alpha value is -1.62. The lowest BCUT2D eigenvalue weighted by molar-refractivity contribution is -0.146. The largest absolute Gasteiger partial charge is 0.390 e. The Labute approximate surface area is 129 Å². The van der Waals surface area contributed by atoms with Crippen molar-refractivity contribution in [1.82, 2.24) is 4.98 Å². The zero-order valence-electron chi connectivity index (χ0n) is 12.7. The van der Waals surface area contributed by atoms with E-state index < -0.39 is 5.79 Å². The Morgan fingerprint density at radius 3 is 2.36 bits per heavy atom. The molecule has 4 heteroatoms. The summed E-state index contributed by atoms with van der Waals surface area (Å²) in [5.41, 5.74) is 6.04. The number of rotatable bonds is 1. The van der Waals surface area contributed by atoms with E-state index in [4.69, 9.17) is 9.47 Å². The number of H-pyrrole nitrogens is 1. The first-order valence-corrected chi connectivity index (χ1v) is 7.86. The summed E-state index contributed by atoms with van der Waals surface area (Å²) in [7, 11) is 0. The molecule has 1 fully saturated rings. The van der Waals surface area contributed by atoms with Crippen LogP contribution < -0.4 is 0 Å². The summed E-state index contributed by atoms with van der Waals surface area (Å²) < 4.78 is 12.5. The molecule has 0 radical (unpaired) electrons. The van der Waals surface area contributed by atoms with Crippen molar-refractivity contribution in [2.75, 3.05) is 0 Å². The zero-order valence-corrected chi connectivity index (χ0v) is 12.7. The molecule has 1 saturated heterocycles. The number of aromatic nitrogens is 1. The minimum absolute atomic E-state index is 0.0171. The van der Waals surface area contributed by atoms with Gasteiger partial charge in [-0.1, -0.05) is 24.3 Å². The van der Waals surface area contributed by atoms with Gasteiger partial charge in [0, 0.05) is 23.7 Å². The maximum atomic E-state index is 9.70. The molecule has 22 heavy (non-hydrogen) atoms. The fraction of sp³-hybridized carbons (Fsp3) is 0.444. The molecule has 0 saturated carbocycles. The van der Waals surface area contributed by atoms with E-state index in [0.29, 0.717) is 0 Å². The second kappa shape index (κ2) is 4.02. The Morgan fingerprint density at radius 2 is 1.68 bits per heavy atom. The lowest BCUT2D eigenvalue weighted by atomic mass is 9.62. The van der Waals surface area contributed by atoms with Gasteiger partial charge in [0.1, 0.15) is 0 Å². The number of nitrogens with one attached hydrogen (secondary N) is 1. The van der Waals surface area contributed by atoms with Crippen LogP contribution in [0.4, 0.5) is 0 Å². The lowest BCUT2D eigenvalue weighted by Gasteiger charge is -2.45. The first-order valence-electron chi connectivity index (χ1n) is 7.86. The molecule has 1 aliphatic heterocycles. The Morgan fingerprint density at radius 1 is 1.05 bits per heavy atom. The van der Waals surface area contributed by atoms with Crippen LogP contribution in [0.15, 0.2) is 30.5 Å². The van der Waals surface area contributed by atoms with Crippen LogP contribution in [0.2, 0.25) is 0 Å². The molecule has 6 rings (SSSR count). The van der Waals surface area contributed by atoms with Crippen LogP contribution in [0.1, 0.15) is 53.6 Å². The molecule has 114 valence electrons. The third-order valence-electron chi connectivity index (χ3n) is 5.33. The third kappa shape index (κ3) is 1.43. The van der Waals surface area contributed by atoms with Gasteiger partial charge in [0.15, 0.2) is 5.79 Å². The second-order valence-electron chi connectivity index (χ2n) is 6.94. The maximum absolute atomic E-state index is 9.70. The molecule has 0 spiro atoms. The van der Waals surface area contributed by atoms with Crippen LogP contribution in [0.3, 0.4) is 0 Å². The molecular formula is C18H19NO3. The van der Waals surface area contributed by atoms with Crippen LogP contribution in [-0.4, -0.2) is 28.1 Å². The molecular weight excluding hydrogens is 278 g/mol.